The Morgan fingerprint density at radius 3 is 2.17 bits per heavy atom. The molecule has 1 rings (SSSR count). The molecule has 62 valence electrons. The van der Waals surface area contributed by atoms with E-state index in [1.54, 1.807) is 0 Å². The van der Waals surface area contributed by atoms with Gasteiger partial charge in [0, 0.05) is 6.07 Å². The molecule has 0 bridgehead atoms. The number of halogens is 2. The van der Waals surface area contributed by atoms with Gasteiger partial charge in [0.1, 0.15) is 17.7 Å². The summed E-state index contributed by atoms with van der Waals surface area (Å²) in [4.78, 5) is 0. The second-order valence-corrected chi connectivity index (χ2v) is 2.27. The quantitative estimate of drug-likeness (QED) is 0.632. The minimum absolute atomic E-state index is 0.0509. The van der Waals surface area contributed by atoms with E-state index in [1.165, 1.54) is 0 Å². The fourth-order valence-corrected chi connectivity index (χ4v) is 0.829. The molecule has 1 atom stereocenters. The highest BCUT2D eigenvalue weighted by Crippen LogP contribution is 2.14. The van der Waals surface area contributed by atoms with Gasteiger partial charge in [-0.1, -0.05) is 5.92 Å². The molecule has 0 saturated heterocycles. The summed E-state index contributed by atoms with van der Waals surface area (Å²) in [7, 11) is 0. The normalized spacial score (nSPS) is 12.2. The Balaban J connectivity index is 3.10. The topological polar surface area (TPSA) is 20.2 Å². The number of hydrogen-bond acceptors (Lipinski definition) is 1. The predicted octanol–water partition coefficient (Wildman–Crippen LogP) is 1.63. The molecule has 3 heteroatoms. The Hall–Kier alpha value is -1.40. The molecule has 0 saturated carbocycles. The maximum atomic E-state index is 12.5. The van der Waals surface area contributed by atoms with Crippen LogP contribution in [-0.2, 0) is 0 Å². The molecule has 0 fully saturated rings. The highest BCUT2D eigenvalue weighted by molar-refractivity contribution is 5.24. The van der Waals surface area contributed by atoms with Crippen molar-refractivity contribution in [2.24, 2.45) is 0 Å². The van der Waals surface area contributed by atoms with E-state index >= 15 is 0 Å². The number of terminal acetylenes is 1. The van der Waals surface area contributed by atoms with E-state index in [0.717, 1.165) is 12.1 Å². The highest BCUT2D eigenvalue weighted by Gasteiger charge is 2.06. The molecule has 1 aromatic carbocycles. The van der Waals surface area contributed by atoms with Crippen molar-refractivity contribution in [1.82, 2.24) is 0 Å². The molecule has 1 nitrogen and oxygen atoms in total. The standard InChI is InChI=1S/C9H6F2O/c1-2-9(12)6-3-7(10)5-8(11)4-6/h1,3-5,9,12H. The zero-order valence-electron chi connectivity index (χ0n) is 6.09. The lowest BCUT2D eigenvalue weighted by molar-refractivity contribution is 0.237. The summed E-state index contributed by atoms with van der Waals surface area (Å²) >= 11 is 0. The zero-order chi connectivity index (χ0) is 9.14. The minimum Gasteiger partial charge on any atom is -0.376 e. The summed E-state index contributed by atoms with van der Waals surface area (Å²) < 4.78 is 25.0. The first-order valence-electron chi connectivity index (χ1n) is 3.23. The van der Waals surface area contributed by atoms with Crippen LogP contribution in [0.15, 0.2) is 18.2 Å². The van der Waals surface area contributed by atoms with Gasteiger partial charge in [0.15, 0.2) is 0 Å². The van der Waals surface area contributed by atoms with Crippen molar-refractivity contribution < 1.29 is 13.9 Å². The molecular weight excluding hydrogens is 162 g/mol. The molecule has 0 heterocycles. The molecule has 0 aliphatic heterocycles. The number of aliphatic hydroxyl groups excluding tert-OH is 1. The van der Waals surface area contributed by atoms with Gasteiger partial charge in [0.05, 0.1) is 0 Å². The Labute approximate surface area is 68.7 Å². The number of benzene rings is 1. The maximum Gasteiger partial charge on any atom is 0.140 e. The second-order valence-electron chi connectivity index (χ2n) is 2.27. The van der Waals surface area contributed by atoms with E-state index in [-0.39, 0.29) is 5.56 Å². The molecule has 0 aliphatic carbocycles. The van der Waals surface area contributed by atoms with Crippen LogP contribution >= 0.6 is 0 Å². The largest absolute Gasteiger partial charge is 0.376 e. The van der Waals surface area contributed by atoms with E-state index in [1.807, 2.05) is 5.92 Å². The lowest BCUT2D eigenvalue weighted by atomic mass is 10.1. The maximum absolute atomic E-state index is 12.5. The van der Waals surface area contributed by atoms with Crippen molar-refractivity contribution >= 4 is 0 Å². The van der Waals surface area contributed by atoms with E-state index in [0.29, 0.717) is 6.07 Å². The van der Waals surface area contributed by atoms with Crippen LogP contribution in [-0.4, -0.2) is 5.11 Å². The third-order valence-corrected chi connectivity index (χ3v) is 1.36. The van der Waals surface area contributed by atoms with Gasteiger partial charge in [-0.3, -0.25) is 0 Å². The Morgan fingerprint density at radius 2 is 1.75 bits per heavy atom. The van der Waals surface area contributed by atoms with Gasteiger partial charge in [-0.2, -0.15) is 0 Å². The zero-order valence-corrected chi connectivity index (χ0v) is 6.09. The lowest BCUT2D eigenvalue weighted by Crippen LogP contribution is -1.95. The highest BCUT2D eigenvalue weighted by atomic mass is 19.1. The van der Waals surface area contributed by atoms with Gasteiger partial charge < -0.3 is 5.11 Å². The minimum atomic E-state index is -1.25. The predicted molar refractivity (Wildman–Crippen MR) is 40.2 cm³/mol. The van der Waals surface area contributed by atoms with Gasteiger partial charge in [-0.25, -0.2) is 8.78 Å². The summed E-state index contributed by atoms with van der Waals surface area (Å²) in [6.07, 6.45) is 3.60. The number of aliphatic hydroxyl groups is 1. The molecule has 1 aromatic rings. The van der Waals surface area contributed by atoms with Crippen LogP contribution in [0.5, 0.6) is 0 Å². The van der Waals surface area contributed by atoms with E-state index in [9.17, 15) is 8.78 Å². The van der Waals surface area contributed by atoms with E-state index in [2.05, 4.69) is 0 Å². The van der Waals surface area contributed by atoms with Crippen LogP contribution in [0.3, 0.4) is 0 Å². The first kappa shape index (κ1) is 8.69. The number of hydrogen-bond donors (Lipinski definition) is 1. The van der Waals surface area contributed by atoms with Crippen molar-refractivity contribution in [2.45, 2.75) is 6.10 Å². The first-order chi connectivity index (χ1) is 5.63. The SMILES string of the molecule is C#CC(O)c1cc(F)cc(F)c1. The Kier molecular flexibility index (Phi) is 2.41. The molecule has 1 unspecified atom stereocenters. The molecule has 0 aromatic heterocycles. The molecule has 0 aliphatic rings. The van der Waals surface area contributed by atoms with Crippen LogP contribution in [0.1, 0.15) is 11.7 Å². The molecule has 0 spiro atoms. The Morgan fingerprint density at radius 1 is 1.25 bits per heavy atom. The fraction of sp³-hybridized carbons (Fsp3) is 0.111. The van der Waals surface area contributed by atoms with Gasteiger partial charge in [0.25, 0.3) is 0 Å². The smallest absolute Gasteiger partial charge is 0.140 e. The van der Waals surface area contributed by atoms with Crippen LogP contribution in [0.4, 0.5) is 8.78 Å². The van der Waals surface area contributed by atoms with Crippen LogP contribution in [0, 0.1) is 24.0 Å². The van der Waals surface area contributed by atoms with Gasteiger partial charge >= 0.3 is 0 Å². The van der Waals surface area contributed by atoms with Crippen molar-refractivity contribution in [3.63, 3.8) is 0 Å². The van der Waals surface area contributed by atoms with Crippen molar-refractivity contribution in [3.8, 4) is 12.3 Å². The molecule has 0 amide bonds. The third kappa shape index (κ3) is 1.80. The molecule has 0 radical (unpaired) electrons. The van der Waals surface area contributed by atoms with Crippen molar-refractivity contribution in [2.75, 3.05) is 0 Å². The van der Waals surface area contributed by atoms with Crippen LogP contribution in [0.25, 0.3) is 0 Å². The van der Waals surface area contributed by atoms with Crippen LogP contribution in [0.2, 0.25) is 0 Å². The summed E-state index contributed by atoms with van der Waals surface area (Å²) in [5, 5.41) is 9.01. The lowest BCUT2D eigenvalue weighted by Gasteiger charge is -2.02. The Bertz CT molecular complexity index is 308. The molecule has 1 N–H and O–H groups in total. The first-order valence-corrected chi connectivity index (χ1v) is 3.23. The second kappa shape index (κ2) is 3.33. The summed E-state index contributed by atoms with van der Waals surface area (Å²) in [6.45, 7) is 0. The summed E-state index contributed by atoms with van der Waals surface area (Å²) in [5.41, 5.74) is 0.0509. The van der Waals surface area contributed by atoms with Gasteiger partial charge in [-0.15, -0.1) is 6.42 Å². The van der Waals surface area contributed by atoms with Crippen molar-refractivity contribution in [3.05, 3.63) is 35.4 Å². The summed E-state index contributed by atoms with van der Waals surface area (Å²) in [5.74, 6) is 0.457. The fourth-order valence-electron chi connectivity index (χ4n) is 0.829. The summed E-state index contributed by atoms with van der Waals surface area (Å²) in [6, 6.07) is 2.70. The third-order valence-electron chi connectivity index (χ3n) is 1.36. The average Bonchev–Trinajstić information content (AvgIpc) is 2.01. The van der Waals surface area contributed by atoms with Gasteiger partial charge in [0.2, 0.25) is 0 Å². The average molecular weight is 168 g/mol. The monoisotopic (exact) mass is 168 g/mol. The number of rotatable bonds is 1. The van der Waals surface area contributed by atoms with E-state index in [4.69, 9.17) is 11.5 Å². The van der Waals surface area contributed by atoms with Gasteiger partial charge in [-0.05, 0) is 17.7 Å². The molecule has 12 heavy (non-hydrogen) atoms. The molecular formula is C9H6F2O. The van der Waals surface area contributed by atoms with E-state index < -0.39 is 17.7 Å². The van der Waals surface area contributed by atoms with Crippen molar-refractivity contribution in [1.29, 1.82) is 0 Å². The van der Waals surface area contributed by atoms with Crippen LogP contribution < -0.4 is 0 Å².